The maximum Gasteiger partial charge on any atom is 0.257 e. The summed E-state index contributed by atoms with van der Waals surface area (Å²) in [6.07, 6.45) is 5.97. The van der Waals surface area contributed by atoms with Gasteiger partial charge in [-0.1, -0.05) is 92.7 Å². The molecule has 3 rings (SSSR count). The van der Waals surface area contributed by atoms with Crippen LogP contribution in [0.15, 0.2) is 71.0 Å². The molecule has 2 aromatic carbocycles. The highest BCUT2D eigenvalue weighted by Crippen LogP contribution is 2.33. The van der Waals surface area contributed by atoms with Crippen molar-refractivity contribution in [2.45, 2.75) is 51.5 Å². The summed E-state index contributed by atoms with van der Waals surface area (Å²) in [7, 11) is 0. The van der Waals surface area contributed by atoms with E-state index in [2.05, 4.69) is 43.1 Å². The summed E-state index contributed by atoms with van der Waals surface area (Å²) in [5.41, 5.74) is 10.9. The SMILES string of the molecule is C=C(S/C(CCCCC)=C(\N)c1ccccc1)C(=O)NC1Cc2ccccc2C1. The lowest BCUT2D eigenvalue weighted by molar-refractivity contribution is -0.117. The highest BCUT2D eigenvalue weighted by molar-refractivity contribution is 8.07. The molecule has 0 saturated heterocycles. The number of unbranched alkanes of at least 4 members (excludes halogenated alkanes) is 2. The number of nitrogens with two attached hydrogens (primary N) is 1. The number of hydrogen-bond acceptors (Lipinski definition) is 3. The number of thioether (sulfide) groups is 1. The van der Waals surface area contributed by atoms with E-state index < -0.39 is 0 Å². The van der Waals surface area contributed by atoms with Gasteiger partial charge in [-0.2, -0.15) is 0 Å². The molecule has 0 radical (unpaired) electrons. The van der Waals surface area contributed by atoms with E-state index in [0.29, 0.717) is 4.91 Å². The normalized spacial score (nSPS) is 14.2. The molecular formula is C25H30N2OS. The molecule has 3 N–H and O–H groups in total. The first-order valence-electron chi connectivity index (χ1n) is 10.4. The van der Waals surface area contributed by atoms with E-state index in [1.54, 1.807) is 0 Å². The predicted octanol–water partition coefficient (Wildman–Crippen LogP) is 5.42. The zero-order valence-electron chi connectivity index (χ0n) is 17.1. The Labute approximate surface area is 178 Å². The smallest absolute Gasteiger partial charge is 0.257 e. The fourth-order valence-corrected chi connectivity index (χ4v) is 4.60. The highest BCUT2D eigenvalue weighted by atomic mass is 32.2. The first-order valence-corrected chi connectivity index (χ1v) is 11.2. The molecule has 0 spiro atoms. The van der Waals surface area contributed by atoms with Gasteiger partial charge in [0.25, 0.3) is 5.91 Å². The molecular weight excluding hydrogens is 376 g/mol. The molecule has 0 unspecified atom stereocenters. The van der Waals surface area contributed by atoms with E-state index >= 15 is 0 Å². The highest BCUT2D eigenvalue weighted by Gasteiger charge is 2.24. The van der Waals surface area contributed by atoms with Crippen LogP contribution in [0.1, 0.15) is 49.3 Å². The second kappa shape index (κ2) is 10.4. The minimum Gasteiger partial charge on any atom is -0.398 e. The van der Waals surface area contributed by atoms with Crippen molar-refractivity contribution in [3.63, 3.8) is 0 Å². The fourth-order valence-electron chi connectivity index (χ4n) is 3.68. The number of fused-ring (bicyclic) bond motifs is 1. The molecule has 1 aliphatic rings. The zero-order chi connectivity index (χ0) is 20.6. The number of carbonyl (C=O) groups excluding carboxylic acids is 1. The Balaban J connectivity index is 1.65. The van der Waals surface area contributed by atoms with Crippen molar-refractivity contribution in [1.29, 1.82) is 0 Å². The van der Waals surface area contributed by atoms with Gasteiger partial charge < -0.3 is 11.1 Å². The van der Waals surface area contributed by atoms with E-state index in [1.807, 2.05) is 30.3 Å². The van der Waals surface area contributed by atoms with Gasteiger partial charge in [-0.3, -0.25) is 4.79 Å². The Morgan fingerprint density at radius 3 is 2.31 bits per heavy atom. The quantitative estimate of drug-likeness (QED) is 0.431. The van der Waals surface area contributed by atoms with E-state index in [4.69, 9.17) is 5.73 Å². The summed E-state index contributed by atoms with van der Waals surface area (Å²) >= 11 is 1.42. The third-order valence-electron chi connectivity index (χ3n) is 5.28. The third-order valence-corrected chi connectivity index (χ3v) is 6.38. The van der Waals surface area contributed by atoms with Gasteiger partial charge in [0.15, 0.2) is 0 Å². The average Bonchev–Trinajstić information content (AvgIpc) is 3.15. The maximum absolute atomic E-state index is 12.8. The molecule has 0 aliphatic heterocycles. The number of carbonyl (C=O) groups is 1. The van der Waals surface area contributed by atoms with Gasteiger partial charge >= 0.3 is 0 Å². The Bertz CT molecular complexity index is 864. The van der Waals surface area contributed by atoms with Gasteiger partial charge in [0, 0.05) is 16.6 Å². The zero-order valence-corrected chi connectivity index (χ0v) is 17.9. The number of nitrogens with one attached hydrogen (secondary N) is 1. The van der Waals surface area contributed by atoms with Crippen LogP contribution in [0.5, 0.6) is 0 Å². The minimum atomic E-state index is -0.0957. The molecule has 0 heterocycles. The molecule has 0 fully saturated rings. The summed E-state index contributed by atoms with van der Waals surface area (Å²) in [5, 5.41) is 3.15. The molecule has 3 nitrogen and oxygen atoms in total. The number of benzene rings is 2. The van der Waals surface area contributed by atoms with Crippen LogP contribution in [-0.2, 0) is 17.6 Å². The molecule has 0 aromatic heterocycles. The van der Waals surface area contributed by atoms with Crippen molar-refractivity contribution >= 4 is 23.4 Å². The van der Waals surface area contributed by atoms with Gasteiger partial charge in [-0.05, 0) is 42.4 Å². The molecule has 152 valence electrons. The maximum atomic E-state index is 12.8. The fraction of sp³-hybridized carbons (Fsp3) is 0.320. The third kappa shape index (κ3) is 5.77. The largest absolute Gasteiger partial charge is 0.398 e. The first-order chi connectivity index (χ1) is 14.1. The molecule has 29 heavy (non-hydrogen) atoms. The van der Waals surface area contributed by atoms with Crippen LogP contribution in [0.25, 0.3) is 5.70 Å². The van der Waals surface area contributed by atoms with Crippen LogP contribution in [0, 0.1) is 0 Å². The van der Waals surface area contributed by atoms with Crippen LogP contribution in [0.2, 0.25) is 0 Å². The Morgan fingerprint density at radius 1 is 1.07 bits per heavy atom. The summed E-state index contributed by atoms with van der Waals surface area (Å²) in [4.78, 5) is 14.3. The molecule has 4 heteroatoms. The first kappa shape index (κ1) is 21.3. The monoisotopic (exact) mass is 406 g/mol. The van der Waals surface area contributed by atoms with Crippen molar-refractivity contribution in [2.75, 3.05) is 0 Å². The summed E-state index contributed by atoms with van der Waals surface area (Å²) < 4.78 is 0. The number of hydrogen-bond donors (Lipinski definition) is 2. The van der Waals surface area contributed by atoms with Crippen LogP contribution in [0.3, 0.4) is 0 Å². The summed E-state index contributed by atoms with van der Waals surface area (Å²) in [5.74, 6) is -0.0957. The van der Waals surface area contributed by atoms with Crippen molar-refractivity contribution in [1.82, 2.24) is 5.32 Å². The standard InChI is InChI=1S/C25H30N2OS/c1-3-4-6-15-23(24(26)19-11-7-5-8-12-19)29-18(2)25(28)27-22-16-20-13-9-10-14-21(20)17-22/h5,7-14,22H,2-4,6,15-17,26H2,1H3,(H,27,28)/b24-23-. The summed E-state index contributed by atoms with van der Waals surface area (Å²) in [6.45, 7) is 6.23. The average molecular weight is 407 g/mol. The van der Waals surface area contributed by atoms with E-state index in [0.717, 1.165) is 54.7 Å². The topological polar surface area (TPSA) is 55.1 Å². The molecule has 0 bridgehead atoms. The van der Waals surface area contributed by atoms with Crippen LogP contribution in [-0.4, -0.2) is 11.9 Å². The van der Waals surface area contributed by atoms with Gasteiger partial charge in [0.2, 0.25) is 0 Å². The van der Waals surface area contributed by atoms with Gasteiger partial charge in [-0.15, -0.1) is 0 Å². The second-order valence-electron chi connectivity index (χ2n) is 7.53. The Hall–Kier alpha value is -2.46. The lowest BCUT2D eigenvalue weighted by Gasteiger charge is -2.16. The molecule has 0 saturated carbocycles. The Morgan fingerprint density at radius 2 is 1.69 bits per heavy atom. The number of allylic oxidation sites excluding steroid dienone is 1. The predicted molar refractivity (Wildman–Crippen MR) is 124 cm³/mol. The van der Waals surface area contributed by atoms with Crippen LogP contribution < -0.4 is 11.1 Å². The van der Waals surface area contributed by atoms with Gasteiger partial charge in [0.05, 0.1) is 4.91 Å². The summed E-state index contributed by atoms with van der Waals surface area (Å²) in [6, 6.07) is 18.5. The lowest BCUT2D eigenvalue weighted by Crippen LogP contribution is -2.35. The molecule has 2 aromatic rings. The van der Waals surface area contributed by atoms with Gasteiger partial charge in [-0.25, -0.2) is 0 Å². The van der Waals surface area contributed by atoms with Crippen molar-refractivity contribution in [3.8, 4) is 0 Å². The molecule has 1 aliphatic carbocycles. The van der Waals surface area contributed by atoms with Crippen LogP contribution >= 0.6 is 11.8 Å². The van der Waals surface area contributed by atoms with Crippen molar-refractivity contribution in [3.05, 3.63) is 87.7 Å². The van der Waals surface area contributed by atoms with E-state index in [1.165, 1.54) is 22.9 Å². The minimum absolute atomic E-state index is 0.0957. The molecule has 1 amide bonds. The van der Waals surface area contributed by atoms with E-state index in [-0.39, 0.29) is 11.9 Å². The number of rotatable bonds is 9. The second-order valence-corrected chi connectivity index (χ2v) is 8.72. The lowest BCUT2D eigenvalue weighted by atomic mass is 10.1. The number of amides is 1. The Kier molecular flexibility index (Phi) is 7.59. The van der Waals surface area contributed by atoms with Crippen molar-refractivity contribution in [2.24, 2.45) is 5.73 Å². The van der Waals surface area contributed by atoms with Crippen molar-refractivity contribution < 1.29 is 4.79 Å². The van der Waals surface area contributed by atoms with E-state index in [9.17, 15) is 4.79 Å². The van der Waals surface area contributed by atoms with Crippen LogP contribution in [0.4, 0.5) is 0 Å². The van der Waals surface area contributed by atoms with Gasteiger partial charge in [0.1, 0.15) is 0 Å². The molecule has 0 atom stereocenters.